The molecule has 2 fully saturated rings. The monoisotopic (exact) mass is 397 g/mol. The van der Waals surface area contributed by atoms with Gasteiger partial charge in [-0.15, -0.1) is 0 Å². The van der Waals surface area contributed by atoms with Crippen LogP contribution in [0.15, 0.2) is 42.5 Å². The largest absolute Gasteiger partial charge is 0.392 e. The number of aliphatic hydroxyl groups excluding tert-OH is 1. The Morgan fingerprint density at radius 3 is 2.28 bits per heavy atom. The van der Waals surface area contributed by atoms with Gasteiger partial charge >= 0.3 is 0 Å². The molecule has 0 aromatic heterocycles. The maximum absolute atomic E-state index is 13.1. The molecule has 6 heteroatoms. The normalized spacial score (nSPS) is 26.1. The van der Waals surface area contributed by atoms with E-state index in [0.29, 0.717) is 32.6 Å². The Kier molecular flexibility index (Phi) is 6.31. The van der Waals surface area contributed by atoms with Gasteiger partial charge in [-0.25, -0.2) is 0 Å². The Bertz CT molecular complexity index is 735. The average molecular weight is 398 g/mol. The summed E-state index contributed by atoms with van der Waals surface area (Å²) in [6, 6.07) is 10.4. The molecule has 3 aliphatic rings. The fraction of sp³-hybridized carbons (Fsp3) is 0.565. The molecule has 156 valence electrons. The number of carbonyl (C=O) groups is 2. The third-order valence-electron chi connectivity index (χ3n) is 6.50. The number of benzene rings is 1. The van der Waals surface area contributed by atoms with Crippen LogP contribution < -0.4 is 0 Å². The minimum absolute atomic E-state index is 0.00101. The van der Waals surface area contributed by atoms with Gasteiger partial charge in [0.25, 0.3) is 0 Å². The highest BCUT2D eigenvalue weighted by atomic mass is 16.3. The highest BCUT2D eigenvalue weighted by Crippen LogP contribution is 2.26. The first-order valence-corrected chi connectivity index (χ1v) is 10.8. The molecular weight excluding hydrogens is 366 g/mol. The maximum atomic E-state index is 13.1. The highest BCUT2D eigenvalue weighted by molar-refractivity contribution is 5.83. The molecule has 2 amide bonds. The van der Waals surface area contributed by atoms with E-state index in [1.807, 2.05) is 23.1 Å². The van der Waals surface area contributed by atoms with Crippen LogP contribution in [0, 0.1) is 11.8 Å². The van der Waals surface area contributed by atoms with Crippen molar-refractivity contribution < 1.29 is 14.7 Å². The number of nitrogens with zero attached hydrogens (tertiary/aromatic N) is 3. The van der Waals surface area contributed by atoms with E-state index in [9.17, 15) is 14.7 Å². The second kappa shape index (κ2) is 9.09. The molecule has 0 bridgehead atoms. The third kappa shape index (κ3) is 4.70. The lowest BCUT2D eigenvalue weighted by Gasteiger charge is -2.41. The van der Waals surface area contributed by atoms with E-state index in [1.54, 1.807) is 4.90 Å². The molecule has 0 spiro atoms. The van der Waals surface area contributed by atoms with Crippen LogP contribution in [-0.4, -0.2) is 77.0 Å². The number of aliphatic hydroxyl groups is 1. The summed E-state index contributed by atoms with van der Waals surface area (Å²) < 4.78 is 0. The second-order valence-corrected chi connectivity index (χ2v) is 8.47. The van der Waals surface area contributed by atoms with Gasteiger partial charge in [0.2, 0.25) is 11.8 Å². The van der Waals surface area contributed by atoms with Crippen LogP contribution in [0.4, 0.5) is 0 Å². The summed E-state index contributed by atoms with van der Waals surface area (Å²) in [5.41, 5.74) is 1.28. The fourth-order valence-corrected chi connectivity index (χ4v) is 4.66. The Morgan fingerprint density at radius 2 is 1.59 bits per heavy atom. The van der Waals surface area contributed by atoms with Gasteiger partial charge < -0.3 is 14.9 Å². The van der Waals surface area contributed by atoms with Crippen molar-refractivity contribution in [2.24, 2.45) is 11.8 Å². The standard InChI is InChI=1S/C23H31N3O3/c27-21-10-11-26(22(28)19-8-4-5-9-19)17-20(21)23(29)25-14-12-24(13-15-25)16-18-6-2-1-3-7-18/h1-7,19-21,27H,8-17H2/t20-,21+/m0/s1. The molecule has 1 aromatic rings. The Hall–Kier alpha value is -2.18. The first kappa shape index (κ1) is 20.1. The van der Waals surface area contributed by atoms with E-state index < -0.39 is 12.0 Å². The summed E-state index contributed by atoms with van der Waals surface area (Å²) in [7, 11) is 0. The molecule has 2 heterocycles. The number of rotatable bonds is 4. The Morgan fingerprint density at radius 1 is 0.897 bits per heavy atom. The second-order valence-electron chi connectivity index (χ2n) is 8.47. The molecule has 0 saturated carbocycles. The van der Waals surface area contributed by atoms with Crippen LogP contribution in [0.3, 0.4) is 0 Å². The third-order valence-corrected chi connectivity index (χ3v) is 6.50. The van der Waals surface area contributed by atoms with E-state index in [-0.39, 0.29) is 17.7 Å². The van der Waals surface area contributed by atoms with Crippen molar-refractivity contribution in [2.75, 3.05) is 39.3 Å². The van der Waals surface area contributed by atoms with Gasteiger partial charge in [0.1, 0.15) is 0 Å². The zero-order valence-electron chi connectivity index (χ0n) is 16.9. The summed E-state index contributed by atoms with van der Waals surface area (Å²) in [4.78, 5) is 31.9. The van der Waals surface area contributed by atoms with Crippen molar-refractivity contribution in [1.29, 1.82) is 0 Å². The number of hydrogen-bond donors (Lipinski definition) is 1. The van der Waals surface area contributed by atoms with E-state index in [0.717, 1.165) is 32.5 Å². The van der Waals surface area contributed by atoms with Crippen LogP contribution >= 0.6 is 0 Å². The summed E-state index contributed by atoms with van der Waals surface area (Å²) in [6.45, 7) is 4.81. The fourth-order valence-electron chi connectivity index (χ4n) is 4.66. The molecule has 1 aliphatic carbocycles. The summed E-state index contributed by atoms with van der Waals surface area (Å²) in [5, 5.41) is 10.5. The van der Waals surface area contributed by atoms with Gasteiger partial charge in [-0.3, -0.25) is 14.5 Å². The first-order chi connectivity index (χ1) is 14.1. The van der Waals surface area contributed by atoms with Crippen LogP contribution in [-0.2, 0) is 16.1 Å². The van der Waals surface area contributed by atoms with Crippen molar-refractivity contribution in [3.63, 3.8) is 0 Å². The Balaban J connectivity index is 1.30. The maximum Gasteiger partial charge on any atom is 0.230 e. The van der Waals surface area contributed by atoms with Gasteiger partial charge in [-0.1, -0.05) is 42.5 Å². The van der Waals surface area contributed by atoms with Gasteiger partial charge in [0, 0.05) is 51.7 Å². The predicted molar refractivity (Wildman–Crippen MR) is 111 cm³/mol. The van der Waals surface area contributed by atoms with Crippen LogP contribution in [0.25, 0.3) is 0 Å². The van der Waals surface area contributed by atoms with E-state index >= 15 is 0 Å². The van der Waals surface area contributed by atoms with Crippen LogP contribution in [0.5, 0.6) is 0 Å². The van der Waals surface area contributed by atoms with E-state index in [4.69, 9.17) is 0 Å². The molecule has 1 aromatic carbocycles. The number of carbonyl (C=O) groups excluding carboxylic acids is 2. The van der Waals surface area contributed by atoms with E-state index in [1.165, 1.54) is 5.56 Å². The number of amides is 2. The smallest absolute Gasteiger partial charge is 0.230 e. The van der Waals surface area contributed by atoms with Gasteiger partial charge in [-0.2, -0.15) is 0 Å². The van der Waals surface area contributed by atoms with Gasteiger partial charge in [0.05, 0.1) is 12.0 Å². The first-order valence-electron chi connectivity index (χ1n) is 10.8. The molecule has 0 radical (unpaired) electrons. The van der Waals surface area contributed by atoms with Crippen molar-refractivity contribution >= 4 is 11.8 Å². The van der Waals surface area contributed by atoms with Gasteiger partial charge in [0.15, 0.2) is 0 Å². The Labute approximate surface area is 172 Å². The molecule has 6 nitrogen and oxygen atoms in total. The molecule has 2 atom stereocenters. The topological polar surface area (TPSA) is 64.1 Å². The molecule has 2 saturated heterocycles. The molecule has 29 heavy (non-hydrogen) atoms. The predicted octanol–water partition coefficient (Wildman–Crippen LogP) is 1.51. The zero-order chi connectivity index (χ0) is 20.2. The quantitative estimate of drug-likeness (QED) is 0.783. The van der Waals surface area contributed by atoms with Crippen molar-refractivity contribution in [2.45, 2.75) is 31.9 Å². The lowest BCUT2D eigenvalue weighted by atomic mass is 9.91. The van der Waals surface area contributed by atoms with Crippen molar-refractivity contribution in [3.05, 3.63) is 48.0 Å². The highest BCUT2D eigenvalue weighted by Gasteiger charge is 2.39. The molecule has 2 aliphatic heterocycles. The number of likely N-dealkylation sites (tertiary alicyclic amines) is 1. The van der Waals surface area contributed by atoms with Crippen LogP contribution in [0.2, 0.25) is 0 Å². The number of piperazine rings is 1. The summed E-state index contributed by atoms with van der Waals surface area (Å²) >= 11 is 0. The number of allylic oxidation sites excluding steroid dienone is 2. The number of piperidine rings is 1. The molecular formula is C23H31N3O3. The van der Waals surface area contributed by atoms with Gasteiger partial charge in [-0.05, 0) is 24.8 Å². The zero-order valence-corrected chi connectivity index (χ0v) is 16.9. The minimum atomic E-state index is -0.657. The lowest BCUT2D eigenvalue weighted by Crippen LogP contribution is -2.56. The van der Waals surface area contributed by atoms with E-state index in [2.05, 4.69) is 29.2 Å². The minimum Gasteiger partial charge on any atom is -0.392 e. The average Bonchev–Trinajstić information content (AvgIpc) is 3.29. The number of hydrogen-bond acceptors (Lipinski definition) is 4. The van der Waals surface area contributed by atoms with Crippen LogP contribution in [0.1, 0.15) is 24.8 Å². The molecule has 0 unspecified atom stereocenters. The SMILES string of the molecule is O=C(C1CC=CC1)N1CC[C@@H](O)[C@@H](C(=O)N2CCN(Cc3ccccc3)CC2)C1. The molecule has 4 rings (SSSR count). The summed E-state index contributed by atoms with van der Waals surface area (Å²) in [6.07, 6.45) is 5.52. The summed E-state index contributed by atoms with van der Waals surface area (Å²) in [5.74, 6) is -0.350. The lowest BCUT2D eigenvalue weighted by molar-refractivity contribution is -0.149. The van der Waals surface area contributed by atoms with Crippen molar-refractivity contribution in [1.82, 2.24) is 14.7 Å². The molecule has 1 N–H and O–H groups in total. The van der Waals surface area contributed by atoms with Crippen molar-refractivity contribution in [3.8, 4) is 0 Å².